The summed E-state index contributed by atoms with van der Waals surface area (Å²) in [5, 5.41) is 1.78. The van der Waals surface area contributed by atoms with E-state index in [9.17, 15) is 9.59 Å². The third kappa shape index (κ3) is 2.87. The molecule has 3 aromatic rings. The van der Waals surface area contributed by atoms with E-state index in [1.165, 1.54) is 0 Å². The third-order valence-corrected chi connectivity index (χ3v) is 3.55. The average molecular weight is 314 g/mol. The number of aromatic amines is 1. The molecule has 4 nitrogen and oxygen atoms in total. The molecule has 0 unspecified atom stereocenters. The smallest absolute Gasteiger partial charge is 0.255 e. The summed E-state index contributed by atoms with van der Waals surface area (Å²) in [6.07, 6.45) is 1.55. The van der Waals surface area contributed by atoms with Crippen molar-refractivity contribution < 1.29 is 9.53 Å². The lowest BCUT2D eigenvalue weighted by molar-refractivity contribution is 0.0922. The molecule has 0 aliphatic carbocycles. The van der Waals surface area contributed by atoms with Crippen LogP contribution in [0, 0.1) is 0 Å². The van der Waals surface area contributed by atoms with E-state index in [4.69, 9.17) is 16.3 Å². The first kappa shape index (κ1) is 14.4. The van der Waals surface area contributed by atoms with E-state index in [1.54, 1.807) is 54.7 Å². The van der Waals surface area contributed by atoms with Gasteiger partial charge in [-0.3, -0.25) is 9.59 Å². The van der Waals surface area contributed by atoms with Crippen molar-refractivity contribution >= 4 is 28.2 Å². The molecule has 0 saturated carbocycles. The Bertz CT molecular complexity index is 884. The summed E-state index contributed by atoms with van der Waals surface area (Å²) < 4.78 is 5.59. The highest BCUT2D eigenvalue weighted by Gasteiger charge is 2.09. The number of carbonyl (C=O) groups is 1. The Kier molecular flexibility index (Phi) is 3.94. The molecule has 0 radical (unpaired) electrons. The number of rotatable bonds is 4. The number of aromatic nitrogens is 1. The van der Waals surface area contributed by atoms with Gasteiger partial charge in [0, 0.05) is 22.2 Å². The second-order valence-corrected chi connectivity index (χ2v) is 5.18. The van der Waals surface area contributed by atoms with E-state index in [0.29, 0.717) is 27.1 Å². The number of benzene rings is 2. The lowest BCUT2D eigenvalue weighted by Crippen LogP contribution is -2.12. The van der Waals surface area contributed by atoms with Crippen LogP contribution in [0.5, 0.6) is 5.75 Å². The molecule has 0 saturated heterocycles. The maximum atomic E-state index is 12.1. The van der Waals surface area contributed by atoms with Crippen LogP contribution in [0.15, 0.2) is 59.5 Å². The molecule has 0 atom stereocenters. The van der Waals surface area contributed by atoms with Gasteiger partial charge in [0.15, 0.2) is 12.4 Å². The highest BCUT2D eigenvalue weighted by Crippen LogP contribution is 2.22. The quantitative estimate of drug-likeness (QED) is 0.751. The minimum atomic E-state index is -0.188. The zero-order chi connectivity index (χ0) is 15.5. The predicted octanol–water partition coefficient (Wildman–Crippen LogP) is 3.44. The van der Waals surface area contributed by atoms with Gasteiger partial charge in [-0.05, 0) is 42.5 Å². The summed E-state index contributed by atoms with van der Waals surface area (Å²) in [6, 6.07) is 13.5. The highest BCUT2D eigenvalue weighted by molar-refractivity contribution is 6.30. The van der Waals surface area contributed by atoms with Crippen LogP contribution in [0.4, 0.5) is 0 Å². The Balaban J connectivity index is 1.82. The van der Waals surface area contributed by atoms with Crippen molar-refractivity contribution in [2.75, 3.05) is 6.61 Å². The van der Waals surface area contributed by atoms with E-state index in [1.807, 2.05) is 0 Å². The monoisotopic (exact) mass is 313 g/mol. The Morgan fingerprint density at radius 2 is 1.82 bits per heavy atom. The normalized spacial score (nSPS) is 10.6. The number of halogens is 1. The van der Waals surface area contributed by atoms with Crippen LogP contribution in [0.3, 0.4) is 0 Å². The molecule has 110 valence electrons. The molecule has 22 heavy (non-hydrogen) atoms. The molecular formula is C17H12ClNO3. The number of pyridine rings is 1. The van der Waals surface area contributed by atoms with Crippen LogP contribution in [0.1, 0.15) is 10.4 Å². The predicted molar refractivity (Wildman–Crippen MR) is 85.8 cm³/mol. The van der Waals surface area contributed by atoms with Crippen molar-refractivity contribution in [2.24, 2.45) is 0 Å². The minimum absolute atomic E-state index is 0.104. The summed E-state index contributed by atoms with van der Waals surface area (Å²) in [6.45, 7) is -0.104. The molecule has 5 heteroatoms. The van der Waals surface area contributed by atoms with Gasteiger partial charge in [-0.2, -0.15) is 0 Å². The van der Waals surface area contributed by atoms with Gasteiger partial charge >= 0.3 is 0 Å². The molecule has 1 heterocycles. The van der Waals surface area contributed by atoms with Crippen LogP contribution >= 0.6 is 11.6 Å². The van der Waals surface area contributed by atoms with Crippen LogP contribution in [-0.2, 0) is 0 Å². The summed E-state index contributed by atoms with van der Waals surface area (Å²) in [5.74, 6) is 0.351. The van der Waals surface area contributed by atoms with Crippen molar-refractivity contribution in [1.29, 1.82) is 0 Å². The Hall–Kier alpha value is -2.59. The number of fused-ring (bicyclic) bond motifs is 1. The van der Waals surface area contributed by atoms with E-state index in [2.05, 4.69) is 4.98 Å². The van der Waals surface area contributed by atoms with Gasteiger partial charge in [0.25, 0.3) is 5.56 Å². The van der Waals surface area contributed by atoms with Gasteiger partial charge in [-0.1, -0.05) is 17.7 Å². The van der Waals surface area contributed by atoms with Crippen molar-refractivity contribution in [2.45, 2.75) is 0 Å². The second kappa shape index (κ2) is 6.03. The van der Waals surface area contributed by atoms with Gasteiger partial charge in [-0.15, -0.1) is 0 Å². The largest absolute Gasteiger partial charge is 0.485 e. The first-order valence-electron chi connectivity index (χ1n) is 6.67. The van der Waals surface area contributed by atoms with Gasteiger partial charge in [0.1, 0.15) is 5.75 Å². The molecule has 0 aliphatic heterocycles. The van der Waals surface area contributed by atoms with Gasteiger partial charge in [-0.25, -0.2) is 0 Å². The van der Waals surface area contributed by atoms with Crippen LogP contribution in [-0.4, -0.2) is 17.4 Å². The number of carbonyl (C=O) groups excluding carboxylic acids is 1. The average Bonchev–Trinajstić information content (AvgIpc) is 2.54. The number of ether oxygens (including phenoxy) is 1. The fraction of sp³-hybridized carbons (Fsp3) is 0.0588. The van der Waals surface area contributed by atoms with Gasteiger partial charge in [0.2, 0.25) is 0 Å². The minimum Gasteiger partial charge on any atom is -0.485 e. The van der Waals surface area contributed by atoms with Crippen molar-refractivity contribution in [3.05, 3.63) is 75.7 Å². The van der Waals surface area contributed by atoms with Crippen molar-refractivity contribution in [3.63, 3.8) is 0 Å². The molecule has 0 bridgehead atoms. The molecule has 1 aromatic heterocycles. The number of hydrogen-bond acceptors (Lipinski definition) is 3. The number of ketones is 1. The molecular weight excluding hydrogens is 302 g/mol. The molecule has 0 amide bonds. The lowest BCUT2D eigenvalue weighted by Gasteiger charge is -2.08. The molecule has 0 aliphatic rings. The summed E-state index contributed by atoms with van der Waals surface area (Å²) in [4.78, 5) is 26.4. The van der Waals surface area contributed by atoms with Gasteiger partial charge < -0.3 is 9.72 Å². The zero-order valence-corrected chi connectivity index (χ0v) is 12.3. The number of Topliss-reactive ketones (excluding diaryl/α,β-unsaturated/α-hetero) is 1. The SMILES string of the molecule is O=C(COc1cccc2c(=O)[nH]ccc12)c1ccc(Cl)cc1. The van der Waals surface area contributed by atoms with Crippen molar-refractivity contribution in [1.82, 2.24) is 4.98 Å². The maximum Gasteiger partial charge on any atom is 0.255 e. The Morgan fingerprint density at radius 3 is 2.59 bits per heavy atom. The molecule has 2 aromatic carbocycles. The first-order chi connectivity index (χ1) is 10.6. The first-order valence-corrected chi connectivity index (χ1v) is 7.05. The van der Waals surface area contributed by atoms with Crippen molar-refractivity contribution in [3.8, 4) is 5.75 Å². The van der Waals surface area contributed by atoms with Crippen LogP contribution in [0.25, 0.3) is 10.8 Å². The third-order valence-electron chi connectivity index (χ3n) is 3.30. The van der Waals surface area contributed by atoms with Crippen LogP contribution < -0.4 is 10.3 Å². The Labute approximate surface area is 131 Å². The molecule has 1 N–H and O–H groups in total. The summed E-state index contributed by atoms with van der Waals surface area (Å²) in [7, 11) is 0. The van der Waals surface area contributed by atoms with Crippen LogP contribution in [0.2, 0.25) is 5.02 Å². The Morgan fingerprint density at radius 1 is 1.05 bits per heavy atom. The zero-order valence-electron chi connectivity index (χ0n) is 11.5. The number of nitrogens with one attached hydrogen (secondary N) is 1. The van der Waals surface area contributed by atoms with E-state index in [-0.39, 0.29) is 17.9 Å². The fourth-order valence-corrected chi connectivity index (χ4v) is 2.31. The topological polar surface area (TPSA) is 59.2 Å². The summed E-state index contributed by atoms with van der Waals surface area (Å²) >= 11 is 5.79. The molecule has 0 spiro atoms. The second-order valence-electron chi connectivity index (χ2n) is 4.74. The highest BCUT2D eigenvalue weighted by atomic mass is 35.5. The lowest BCUT2D eigenvalue weighted by atomic mass is 10.1. The van der Waals surface area contributed by atoms with E-state index in [0.717, 1.165) is 0 Å². The molecule has 0 fully saturated rings. The number of hydrogen-bond donors (Lipinski definition) is 1. The number of H-pyrrole nitrogens is 1. The van der Waals surface area contributed by atoms with Gasteiger partial charge in [0.05, 0.1) is 5.39 Å². The molecule has 3 rings (SSSR count). The standard InChI is InChI=1S/C17H12ClNO3/c18-12-6-4-11(5-7-12)15(20)10-22-16-3-1-2-14-13(16)8-9-19-17(14)21/h1-9H,10H2,(H,19,21). The fourth-order valence-electron chi connectivity index (χ4n) is 2.18. The van der Waals surface area contributed by atoms with E-state index >= 15 is 0 Å². The maximum absolute atomic E-state index is 12.1. The van der Waals surface area contributed by atoms with E-state index < -0.39 is 0 Å². The summed E-state index contributed by atoms with van der Waals surface area (Å²) in [5.41, 5.74) is 0.342.